The number of aliphatic carboxylic acids is 1. The number of rotatable bonds is 12. The SMILES string of the molecule is CCC1CC1(NC(=O)OC(C)(C)C)C(=O)OC.CCC1C[C@@]1(NC(=O)OC(C)(C)C)C(=O)O.CCC1C[C@@]1(NC(=O)OC(C)(C)C)C(=O)OC.CCC1C[C@]1(NC(=O)OC(C)(C)C)C(=O)OC.[Na+].[OH-]. The van der Waals surface area contributed by atoms with Crippen molar-refractivity contribution in [2.24, 2.45) is 23.7 Å². The molecule has 4 saturated carbocycles. The number of amides is 4. The largest absolute Gasteiger partial charge is 1.00 e. The van der Waals surface area contributed by atoms with Crippen molar-refractivity contribution in [3.8, 4) is 0 Å². The van der Waals surface area contributed by atoms with Gasteiger partial charge in [-0.2, -0.15) is 0 Å². The molecule has 0 aliphatic heterocycles. The summed E-state index contributed by atoms with van der Waals surface area (Å²) in [4.78, 5) is 92.6. The van der Waals surface area contributed by atoms with Crippen molar-refractivity contribution in [3.63, 3.8) is 0 Å². The van der Waals surface area contributed by atoms with Gasteiger partial charge in [0, 0.05) is 0 Å². The topological polar surface area (TPSA) is 300 Å². The van der Waals surface area contributed by atoms with Crippen LogP contribution in [0.4, 0.5) is 19.2 Å². The Balaban J connectivity index is 0. The van der Waals surface area contributed by atoms with Crippen LogP contribution in [0.15, 0.2) is 0 Å². The minimum Gasteiger partial charge on any atom is -0.870 e. The number of esters is 3. The molecule has 0 aromatic heterocycles. The van der Waals surface area contributed by atoms with Crippen molar-refractivity contribution in [3.05, 3.63) is 0 Å². The van der Waals surface area contributed by atoms with Crippen LogP contribution in [-0.4, -0.2) is 125 Å². The Bertz CT molecular complexity index is 1640. The average molecular weight is 999 g/mol. The molecule has 21 nitrogen and oxygen atoms in total. The Kier molecular flexibility index (Phi) is 25.1. The fraction of sp³-hybridized carbons (Fsp3) is 0.830. The first-order valence-electron chi connectivity index (χ1n) is 23.0. The summed E-state index contributed by atoms with van der Waals surface area (Å²) in [5.74, 6) is -1.73. The molecule has 6 N–H and O–H groups in total. The fourth-order valence-corrected chi connectivity index (χ4v) is 7.61. The molecule has 5 unspecified atom stereocenters. The van der Waals surface area contributed by atoms with Gasteiger partial charge in [0.1, 0.15) is 44.6 Å². The van der Waals surface area contributed by atoms with E-state index in [1.807, 2.05) is 27.7 Å². The molecule has 0 aromatic rings. The summed E-state index contributed by atoms with van der Waals surface area (Å²) in [5, 5.41) is 19.5. The van der Waals surface area contributed by atoms with Crippen molar-refractivity contribution in [1.29, 1.82) is 0 Å². The van der Waals surface area contributed by atoms with E-state index < -0.39 is 92.8 Å². The van der Waals surface area contributed by atoms with Gasteiger partial charge < -0.3 is 65.0 Å². The zero-order chi connectivity index (χ0) is 52.4. The van der Waals surface area contributed by atoms with Crippen LogP contribution in [0.3, 0.4) is 0 Å². The summed E-state index contributed by atoms with van der Waals surface area (Å²) in [6.45, 7) is 29.1. The van der Waals surface area contributed by atoms with Crippen LogP contribution in [0.2, 0.25) is 0 Å². The van der Waals surface area contributed by atoms with Gasteiger partial charge in [-0.1, -0.05) is 53.4 Å². The number of hydrogen-bond donors (Lipinski definition) is 5. The van der Waals surface area contributed by atoms with Crippen molar-refractivity contribution < 1.29 is 112 Å². The van der Waals surface area contributed by atoms with Crippen LogP contribution < -0.4 is 50.8 Å². The molecule has 4 aliphatic rings. The molecule has 4 aliphatic carbocycles. The van der Waals surface area contributed by atoms with Crippen molar-refractivity contribution in [2.75, 3.05) is 21.3 Å². The number of carbonyl (C=O) groups excluding carboxylic acids is 7. The maximum absolute atomic E-state index is 11.7. The predicted molar refractivity (Wildman–Crippen MR) is 248 cm³/mol. The maximum Gasteiger partial charge on any atom is 1.00 e. The Hall–Kier alpha value is -4.08. The van der Waals surface area contributed by atoms with Gasteiger partial charge in [-0.15, -0.1) is 0 Å². The summed E-state index contributed by atoms with van der Waals surface area (Å²) >= 11 is 0. The Labute approximate surface area is 430 Å². The van der Waals surface area contributed by atoms with Gasteiger partial charge in [-0.05, 0) is 132 Å². The molecule has 4 fully saturated rings. The van der Waals surface area contributed by atoms with Crippen LogP contribution in [0.5, 0.6) is 0 Å². The third kappa shape index (κ3) is 20.3. The van der Waals surface area contributed by atoms with E-state index in [2.05, 4.69) is 21.3 Å². The van der Waals surface area contributed by atoms with E-state index in [0.717, 1.165) is 25.7 Å². The zero-order valence-electron chi connectivity index (χ0n) is 45.0. The second-order valence-corrected chi connectivity index (χ2v) is 21.4. The molecule has 0 aromatic carbocycles. The molecular formula is C47H83N4NaO17. The summed E-state index contributed by atoms with van der Waals surface area (Å²) in [6, 6.07) is 0. The van der Waals surface area contributed by atoms with Gasteiger partial charge in [-0.25, -0.2) is 38.4 Å². The molecule has 394 valence electrons. The second kappa shape index (κ2) is 25.9. The van der Waals surface area contributed by atoms with E-state index in [-0.39, 0.29) is 58.7 Å². The summed E-state index contributed by atoms with van der Waals surface area (Å²) < 4.78 is 34.7. The first-order chi connectivity index (χ1) is 30.5. The number of ether oxygens (including phenoxy) is 7. The van der Waals surface area contributed by atoms with Crippen LogP contribution in [-0.2, 0) is 52.3 Å². The van der Waals surface area contributed by atoms with Gasteiger partial charge in [-0.3, -0.25) is 0 Å². The number of methoxy groups -OCH3 is 3. The minimum atomic E-state index is -1.10. The van der Waals surface area contributed by atoms with Gasteiger partial charge in [0.2, 0.25) is 0 Å². The van der Waals surface area contributed by atoms with E-state index in [4.69, 9.17) is 38.3 Å². The van der Waals surface area contributed by atoms with E-state index in [1.165, 1.54) is 21.3 Å². The molecule has 0 radical (unpaired) electrons. The Morgan fingerprint density at radius 1 is 0.420 bits per heavy atom. The van der Waals surface area contributed by atoms with Gasteiger partial charge in [0.25, 0.3) is 0 Å². The number of carboxylic acids is 1. The van der Waals surface area contributed by atoms with Gasteiger partial charge >= 0.3 is 77.8 Å². The smallest absolute Gasteiger partial charge is 0.870 e. The molecule has 4 amide bonds. The normalized spacial score (nSPS) is 26.7. The quantitative estimate of drug-likeness (QED) is 0.104. The second-order valence-electron chi connectivity index (χ2n) is 21.4. The van der Waals surface area contributed by atoms with Gasteiger partial charge in [0.05, 0.1) is 21.3 Å². The van der Waals surface area contributed by atoms with Crippen molar-refractivity contribution >= 4 is 48.3 Å². The third-order valence-electron chi connectivity index (χ3n) is 11.3. The molecule has 8 atom stereocenters. The number of carboxylic acid groups (broad SMARTS) is 1. The van der Waals surface area contributed by atoms with Crippen LogP contribution in [0, 0.1) is 23.7 Å². The number of nitrogens with one attached hydrogen (secondary N) is 4. The first-order valence-corrected chi connectivity index (χ1v) is 23.0. The summed E-state index contributed by atoms with van der Waals surface area (Å²) in [6.07, 6.45) is 3.18. The molecular weight excluding hydrogens is 916 g/mol. The standard InChI is InChI=1S/3C12H21NO4.C11H19NO4.Na.H2O/c3*1-6-8-7-12(8,9(14)16-5)13-10(15)17-11(2,3)4;1-5-7-6-11(7,8(13)14)12-9(15)16-10(2,3)4;;/h3*8H,6-7H2,1-5H3,(H,13,15);7H,5-6H2,1-4H3,(H,12,15)(H,13,14);;1H2/q;;;;+1;/p-1/t2*8?,12-;;7?,11-;;/m10.0../s1. The fourth-order valence-electron chi connectivity index (χ4n) is 7.61. The van der Waals surface area contributed by atoms with E-state index in [1.54, 1.807) is 83.1 Å². The van der Waals surface area contributed by atoms with Crippen LogP contribution in [0.25, 0.3) is 0 Å². The van der Waals surface area contributed by atoms with E-state index >= 15 is 0 Å². The van der Waals surface area contributed by atoms with Crippen molar-refractivity contribution in [2.45, 2.75) is 207 Å². The number of hydrogen-bond acceptors (Lipinski definition) is 16. The molecule has 0 heterocycles. The number of alkyl carbamates (subject to hydrolysis) is 4. The van der Waals surface area contributed by atoms with E-state index in [9.17, 15) is 38.4 Å². The summed E-state index contributed by atoms with van der Waals surface area (Å²) in [5.41, 5.74) is -6.03. The molecule has 0 saturated heterocycles. The predicted octanol–water partition coefficient (Wildman–Crippen LogP) is 4.15. The molecule has 0 bridgehead atoms. The monoisotopic (exact) mass is 999 g/mol. The van der Waals surface area contributed by atoms with Crippen molar-refractivity contribution in [1.82, 2.24) is 21.3 Å². The Morgan fingerprint density at radius 3 is 0.725 bits per heavy atom. The minimum absolute atomic E-state index is 0. The first kappa shape index (κ1) is 67.0. The molecule has 22 heteroatoms. The number of carbonyl (C=O) groups is 8. The molecule has 69 heavy (non-hydrogen) atoms. The van der Waals surface area contributed by atoms with Crippen LogP contribution >= 0.6 is 0 Å². The molecule has 4 rings (SSSR count). The average Bonchev–Trinajstić information content (AvgIpc) is 4.05. The van der Waals surface area contributed by atoms with E-state index in [0.29, 0.717) is 25.7 Å². The zero-order valence-corrected chi connectivity index (χ0v) is 47.0. The summed E-state index contributed by atoms with van der Waals surface area (Å²) in [7, 11) is 3.98. The third-order valence-corrected chi connectivity index (χ3v) is 11.3. The van der Waals surface area contributed by atoms with Crippen LogP contribution in [0.1, 0.15) is 162 Å². The Morgan fingerprint density at radius 2 is 0.594 bits per heavy atom. The van der Waals surface area contributed by atoms with Gasteiger partial charge in [0.15, 0.2) is 0 Å². The maximum atomic E-state index is 11.7. The molecule has 0 spiro atoms.